The summed E-state index contributed by atoms with van der Waals surface area (Å²) in [7, 11) is 0. The van der Waals surface area contributed by atoms with Crippen LogP contribution in [0.1, 0.15) is 0 Å². The van der Waals surface area contributed by atoms with Crippen molar-refractivity contribution in [3.8, 4) is 0 Å². The molecule has 0 heterocycles. The zero-order valence-electron chi connectivity index (χ0n) is 3.13. The largest absolute Gasteiger partial charge is 2.00 e. The second kappa shape index (κ2) is 44.2. The standard InChI is InChI=1S/2In.2O.Sb.Zn/q2*+3;;-2;+1;+2. The van der Waals surface area contributed by atoms with Crippen LogP contribution >= 0.6 is 0 Å². The molecule has 0 unspecified atom stereocenters. The van der Waals surface area contributed by atoms with Gasteiger partial charge in [-0.3, -0.25) is 0 Å². The van der Waals surface area contributed by atoms with Crippen molar-refractivity contribution in [3.63, 3.8) is 0 Å². The van der Waals surface area contributed by atoms with Crippen LogP contribution in [-0.2, 0) is 28.0 Å². The minimum atomic E-state index is 0. The summed E-state index contributed by atoms with van der Waals surface area (Å²) >= 11 is 0.500. The molecule has 2 radical (unpaired) electrons. The van der Waals surface area contributed by atoms with Crippen LogP contribution in [0.3, 0.4) is 0 Å². The molecule has 0 aliphatic rings. The summed E-state index contributed by atoms with van der Waals surface area (Å²) < 4.78 is 8.30. The summed E-state index contributed by atoms with van der Waals surface area (Å²) in [6.45, 7) is 0. The third-order valence-corrected chi connectivity index (χ3v) is 0. The summed E-state index contributed by atoms with van der Waals surface area (Å²) in [5.41, 5.74) is 0. The van der Waals surface area contributed by atoms with Crippen LogP contribution in [-0.4, -0.2) is 74.7 Å². The van der Waals surface area contributed by atoms with Crippen LogP contribution in [0.15, 0.2) is 0 Å². The molecule has 0 aromatic carbocycles. The molecule has 0 fully saturated rings. The zero-order valence-corrected chi connectivity index (χ0v) is 15.2. The molecule has 0 rings (SSSR count). The van der Waals surface area contributed by atoms with Gasteiger partial charge in [0, 0.05) is 0 Å². The van der Waals surface area contributed by atoms with Gasteiger partial charge in [0.25, 0.3) is 0 Å². The number of hydrogen-bond donors (Lipinski definition) is 0. The Bertz CT molecular complexity index is 11.5. The predicted molar refractivity (Wildman–Crippen MR) is 18.6 cm³/mol. The fourth-order valence-electron chi connectivity index (χ4n) is 0. The number of hydrogen-bond acceptors (Lipinski definition) is 1. The molecule has 0 aliphatic carbocycles. The summed E-state index contributed by atoms with van der Waals surface area (Å²) in [4.78, 5) is 0. The summed E-state index contributed by atoms with van der Waals surface area (Å²) in [5, 5.41) is 0. The van der Waals surface area contributed by atoms with Gasteiger partial charge in [0.2, 0.25) is 0 Å². The maximum absolute atomic E-state index is 8.30. The van der Waals surface area contributed by atoms with Crippen LogP contribution in [0, 0.1) is 0 Å². The summed E-state index contributed by atoms with van der Waals surface area (Å²) in [5.74, 6) is 0. The Labute approximate surface area is 101 Å². The van der Waals surface area contributed by atoms with Crippen LogP contribution in [0.4, 0.5) is 0 Å². The second-order valence-electron chi connectivity index (χ2n) is 0. The maximum atomic E-state index is 8.30. The molecule has 0 amide bonds. The number of rotatable bonds is 0. The molecular weight excluding hydrogens is 449 g/mol. The molecule has 0 atom stereocenters. The van der Waals surface area contributed by atoms with Gasteiger partial charge in [-0.05, 0) is 0 Å². The van der Waals surface area contributed by atoms with Crippen molar-refractivity contribution in [1.82, 2.24) is 0 Å². The second-order valence-corrected chi connectivity index (χ2v) is 0. The van der Waals surface area contributed by atoms with E-state index in [1.165, 1.54) is 0 Å². The first kappa shape index (κ1) is 36.3. The molecule has 0 aliphatic heterocycles. The van der Waals surface area contributed by atoms with E-state index in [0.29, 0.717) is 23.0 Å². The van der Waals surface area contributed by atoms with Crippen LogP contribution in [0.5, 0.6) is 0 Å². The van der Waals surface area contributed by atoms with Crippen molar-refractivity contribution in [1.29, 1.82) is 0 Å². The SMILES string of the molecule is [In+3].[In+3].[O-2].[O]=[Sb+].[Zn+2]. The van der Waals surface area contributed by atoms with Gasteiger partial charge in [0.1, 0.15) is 0 Å². The molecular formula is In2O2SbZn+7. The first-order valence-corrected chi connectivity index (χ1v) is 1.22. The van der Waals surface area contributed by atoms with Crippen molar-refractivity contribution in [2.45, 2.75) is 0 Å². The van der Waals surface area contributed by atoms with E-state index in [1.54, 1.807) is 0 Å². The van der Waals surface area contributed by atoms with E-state index in [1.807, 2.05) is 0 Å². The van der Waals surface area contributed by atoms with E-state index in [4.69, 9.17) is 3.02 Å². The van der Waals surface area contributed by atoms with Crippen molar-refractivity contribution < 1.29 is 28.0 Å². The van der Waals surface area contributed by atoms with Crippen LogP contribution in [0.2, 0.25) is 0 Å². The zero-order chi connectivity index (χ0) is 2.00. The molecule has 18 valence electrons. The van der Waals surface area contributed by atoms with Crippen molar-refractivity contribution >= 4 is 74.7 Å². The van der Waals surface area contributed by atoms with Gasteiger partial charge in [0.05, 0.1) is 0 Å². The Morgan fingerprint density at radius 2 is 1.00 bits per heavy atom. The molecule has 6 heavy (non-hydrogen) atoms. The molecule has 0 saturated heterocycles. The molecule has 0 bridgehead atoms. The van der Waals surface area contributed by atoms with Gasteiger partial charge < -0.3 is 5.48 Å². The molecule has 0 spiro atoms. The molecule has 0 aromatic rings. The quantitative estimate of drug-likeness (QED) is 0.421. The molecule has 2 nitrogen and oxygen atoms in total. The molecule has 6 heteroatoms. The van der Waals surface area contributed by atoms with Crippen molar-refractivity contribution in [3.05, 3.63) is 0 Å². The normalized spacial score (nSPS) is 0.667. The van der Waals surface area contributed by atoms with E-state index in [-0.39, 0.29) is 76.6 Å². The molecule has 0 aromatic heterocycles. The first-order chi connectivity index (χ1) is 1.00. The molecule has 0 N–H and O–H groups in total. The topological polar surface area (TPSA) is 45.6 Å². The van der Waals surface area contributed by atoms with Gasteiger partial charge in [-0.25, -0.2) is 0 Å². The Kier molecular flexibility index (Phi) is 268. The molecule has 0 saturated carbocycles. The summed E-state index contributed by atoms with van der Waals surface area (Å²) in [6, 6.07) is 0. The monoisotopic (exact) mass is 447 g/mol. The van der Waals surface area contributed by atoms with Crippen molar-refractivity contribution in [2.75, 3.05) is 0 Å². The van der Waals surface area contributed by atoms with E-state index < -0.39 is 0 Å². The van der Waals surface area contributed by atoms with Gasteiger partial charge in [-0.1, -0.05) is 0 Å². The third-order valence-electron chi connectivity index (χ3n) is 0. The Morgan fingerprint density at radius 1 is 1.00 bits per heavy atom. The van der Waals surface area contributed by atoms with Gasteiger partial charge >= 0.3 is 97.2 Å². The van der Waals surface area contributed by atoms with E-state index >= 15 is 0 Å². The summed E-state index contributed by atoms with van der Waals surface area (Å²) in [6.07, 6.45) is 0. The smallest absolute Gasteiger partial charge is 2.00 e. The first-order valence-electron chi connectivity index (χ1n) is 0.183. The van der Waals surface area contributed by atoms with Gasteiger partial charge in [-0.2, -0.15) is 0 Å². The minimum absolute atomic E-state index is 0. The minimum Gasteiger partial charge on any atom is 2.00 e. The van der Waals surface area contributed by atoms with Crippen molar-refractivity contribution in [2.24, 2.45) is 0 Å². The van der Waals surface area contributed by atoms with E-state index in [2.05, 4.69) is 0 Å². The fraction of sp³-hybridized carbons (Fsp3) is 0. The van der Waals surface area contributed by atoms with E-state index in [0.717, 1.165) is 0 Å². The predicted octanol–water partition coefficient (Wildman–Crippen LogP) is -1.38. The van der Waals surface area contributed by atoms with Crippen LogP contribution in [0.25, 0.3) is 0 Å². The average molecular weight is 449 g/mol. The third kappa shape index (κ3) is 28.3. The van der Waals surface area contributed by atoms with Gasteiger partial charge in [-0.15, -0.1) is 0 Å². The Hall–Kier alpha value is 2.94. The van der Waals surface area contributed by atoms with E-state index in [9.17, 15) is 0 Å². The van der Waals surface area contributed by atoms with Crippen LogP contribution < -0.4 is 0 Å². The Balaban J connectivity index is -0.000000000833. The fourth-order valence-corrected chi connectivity index (χ4v) is 0. The average Bonchev–Trinajstić information content (AvgIpc) is 1.00. The van der Waals surface area contributed by atoms with Gasteiger partial charge in [0.15, 0.2) is 0 Å². The Morgan fingerprint density at radius 3 is 1.00 bits per heavy atom. The maximum Gasteiger partial charge on any atom is 2.00 e.